The Morgan fingerprint density at radius 3 is 2.06 bits per heavy atom. The molecule has 36 heavy (non-hydrogen) atoms. The lowest BCUT2D eigenvalue weighted by Gasteiger charge is -2.14. The molecule has 2 amide bonds. The molecule has 2 aromatic carbocycles. The molecule has 0 bridgehead atoms. The average Bonchev–Trinajstić information content (AvgIpc) is 3.30. The first-order valence-electron chi connectivity index (χ1n) is 11.3. The lowest BCUT2D eigenvalue weighted by Crippen LogP contribution is -2.29. The Labute approximate surface area is 207 Å². The van der Waals surface area contributed by atoms with E-state index in [1.54, 1.807) is 57.2 Å². The van der Waals surface area contributed by atoms with Crippen molar-refractivity contribution in [2.45, 2.75) is 27.3 Å². The highest BCUT2D eigenvalue weighted by molar-refractivity contribution is 6.21. The van der Waals surface area contributed by atoms with Gasteiger partial charge in [0.25, 0.3) is 11.8 Å². The number of ketones is 1. The highest BCUT2D eigenvalue weighted by atomic mass is 16.5. The number of Topliss-reactive ketones (excluding diaryl/α,β-unsaturated/α-hetero) is 1. The minimum atomic E-state index is -0.702. The van der Waals surface area contributed by atoms with Crippen molar-refractivity contribution in [1.29, 1.82) is 0 Å². The number of esters is 2. The van der Waals surface area contributed by atoms with Crippen molar-refractivity contribution in [2.75, 3.05) is 13.2 Å². The van der Waals surface area contributed by atoms with E-state index in [0.29, 0.717) is 27.9 Å². The van der Waals surface area contributed by atoms with Crippen molar-refractivity contribution in [3.8, 4) is 0 Å². The van der Waals surface area contributed by atoms with E-state index in [1.807, 2.05) is 0 Å². The highest BCUT2D eigenvalue weighted by Crippen LogP contribution is 2.24. The number of H-pyrrole nitrogens is 1. The molecule has 3 aromatic rings. The van der Waals surface area contributed by atoms with Crippen molar-refractivity contribution < 1.29 is 33.4 Å². The van der Waals surface area contributed by atoms with Crippen LogP contribution in [0.3, 0.4) is 0 Å². The number of aromatic amines is 1. The molecule has 1 N–H and O–H groups in total. The van der Waals surface area contributed by atoms with Gasteiger partial charge in [-0.2, -0.15) is 0 Å². The Balaban J connectivity index is 1.38. The Kier molecular flexibility index (Phi) is 6.82. The molecule has 0 saturated heterocycles. The van der Waals surface area contributed by atoms with Gasteiger partial charge < -0.3 is 14.5 Å². The van der Waals surface area contributed by atoms with E-state index in [-0.39, 0.29) is 41.8 Å². The molecule has 1 aromatic heterocycles. The van der Waals surface area contributed by atoms with Gasteiger partial charge in [-0.25, -0.2) is 9.59 Å². The Bertz CT molecular complexity index is 1350. The van der Waals surface area contributed by atoms with Gasteiger partial charge in [0.05, 0.1) is 29.8 Å². The van der Waals surface area contributed by atoms with Gasteiger partial charge in [-0.3, -0.25) is 19.3 Å². The lowest BCUT2D eigenvalue weighted by molar-refractivity contribution is 0.0472. The van der Waals surface area contributed by atoms with Crippen LogP contribution in [0.2, 0.25) is 0 Å². The maximum Gasteiger partial charge on any atom is 0.355 e. The summed E-state index contributed by atoms with van der Waals surface area (Å²) < 4.78 is 10.2. The second-order valence-electron chi connectivity index (χ2n) is 8.28. The van der Waals surface area contributed by atoms with Gasteiger partial charge in [0.15, 0.2) is 6.61 Å². The van der Waals surface area contributed by atoms with Gasteiger partial charge in [0, 0.05) is 11.3 Å². The molecular weight excluding hydrogens is 464 g/mol. The Morgan fingerprint density at radius 1 is 0.861 bits per heavy atom. The third kappa shape index (κ3) is 4.55. The number of imide groups is 1. The zero-order valence-electron chi connectivity index (χ0n) is 20.0. The number of fused-ring (bicyclic) bond motifs is 1. The summed E-state index contributed by atoms with van der Waals surface area (Å²) in [6, 6.07) is 12.9. The predicted molar refractivity (Wildman–Crippen MR) is 128 cm³/mol. The van der Waals surface area contributed by atoms with E-state index in [0.717, 1.165) is 4.90 Å². The fourth-order valence-electron chi connectivity index (χ4n) is 4.17. The first kappa shape index (κ1) is 24.6. The fraction of sp³-hybridized carbons (Fsp3) is 0.222. The van der Waals surface area contributed by atoms with Gasteiger partial charge in [-0.15, -0.1) is 0 Å². The van der Waals surface area contributed by atoms with Gasteiger partial charge in [0.2, 0.25) is 5.78 Å². The second kappa shape index (κ2) is 9.99. The molecule has 9 nitrogen and oxygen atoms in total. The van der Waals surface area contributed by atoms with Crippen LogP contribution in [-0.2, 0) is 16.0 Å². The first-order valence-corrected chi connectivity index (χ1v) is 11.3. The van der Waals surface area contributed by atoms with Gasteiger partial charge in [-0.05, 0) is 56.2 Å². The number of nitrogens with one attached hydrogen (secondary N) is 1. The SMILES string of the molecule is CCOC(=O)c1[nH]c(C)c(C(=O)COC(=O)c2ccc(CN3C(=O)c4ccccc4C3=O)cc2)c1C. The van der Waals surface area contributed by atoms with Crippen molar-refractivity contribution >= 4 is 29.5 Å². The molecule has 1 aliphatic heterocycles. The van der Waals surface area contributed by atoms with Gasteiger partial charge in [0.1, 0.15) is 5.69 Å². The van der Waals surface area contributed by atoms with E-state index in [1.165, 1.54) is 12.1 Å². The van der Waals surface area contributed by atoms with Crippen LogP contribution >= 0.6 is 0 Å². The first-order chi connectivity index (χ1) is 17.2. The molecule has 2 heterocycles. The molecule has 0 saturated carbocycles. The van der Waals surface area contributed by atoms with Crippen LogP contribution in [0, 0.1) is 13.8 Å². The van der Waals surface area contributed by atoms with Crippen molar-refractivity contribution in [3.05, 3.63) is 93.3 Å². The number of carbonyl (C=O) groups is 5. The standard InChI is InChI=1S/C27H24N2O7/c1-4-35-27(34)23-15(2)22(16(3)28-23)21(30)14-36-26(33)18-11-9-17(10-12-18)13-29-24(31)19-7-5-6-8-20(19)25(29)32/h5-12,28H,4,13-14H2,1-3H3. The third-order valence-electron chi connectivity index (χ3n) is 5.94. The fourth-order valence-corrected chi connectivity index (χ4v) is 4.17. The van der Waals surface area contributed by atoms with E-state index in [2.05, 4.69) is 4.98 Å². The summed E-state index contributed by atoms with van der Waals surface area (Å²) in [7, 11) is 0. The van der Waals surface area contributed by atoms with Crippen molar-refractivity contribution in [2.24, 2.45) is 0 Å². The monoisotopic (exact) mass is 488 g/mol. The number of aromatic nitrogens is 1. The molecule has 4 rings (SSSR count). The molecule has 0 radical (unpaired) electrons. The largest absolute Gasteiger partial charge is 0.461 e. The van der Waals surface area contributed by atoms with Crippen molar-refractivity contribution in [3.63, 3.8) is 0 Å². The molecule has 184 valence electrons. The maximum absolute atomic E-state index is 12.7. The summed E-state index contributed by atoms with van der Waals surface area (Å²) in [5.41, 5.74) is 2.99. The molecular formula is C27H24N2O7. The van der Waals surface area contributed by atoms with Crippen LogP contribution in [0.5, 0.6) is 0 Å². The van der Waals surface area contributed by atoms with Crippen LogP contribution in [0.4, 0.5) is 0 Å². The number of hydrogen-bond donors (Lipinski definition) is 1. The topological polar surface area (TPSA) is 123 Å². The minimum absolute atomic E-state index is 0.0645. The van der Waals surface area contributed by atoms with E-state index in [9.17, 15) is 24.0 Å². The third-order valence-corrected chi connectivity index (χ3v) is 5.94. The Hall–Kier alpha value is -4.53. The number of nitrogens with zero attached hydrogens (tertiary/aromatic N) is 1. The second-order valence-corrected chi connectivity index (χ2v) is 8.28. The van der Waals surface area contributed by atoms with E-state index < -0.39 is 24.3 Å². The van der Waals surface area contributed by atoms with Gasteiger partial charge in [-0.1, -0.05) is 24.3 Å². The Morgan fingerprint density at radius 2 is 1.47 bits per heavy atom. The summed E-state index contributed by atoms with van der Waals surface area (Å²) in [5.74, 6) is -2.44. The van der Waals surface area contributed by atoms with Crippen LogP contribution in [0.15, 0.2) is 48.5 Å². The van der Waals surface area contributed by atoms with Crippen LogP contribution in [0.25, 0.3) is 0 Å². The lowest BCUT2D eigenvalue weighted by atomic mass is 10.1. The number of hydrogen-bond acceptors (Lipinski definition) is 7. The molecule has 9 heteroatoms. The molecule has 0 unspecified atom stereocenters. The number of ether oxygens (including phenoxy) is 2. The van der Waals surface area contributed by atoms with Crippen LogP contribution in [0.1, 0.15) is 75.7 Å². The number of aryl methyl sites for hydroxylation is 1. The quantitative estimate of drug-likeness (QED) is 0.292. The smallest absolute Gasteiger partial charge is 0.355 e. The summed E-state index contributed by atoms with van der Waals surface area (Å²) >= 11 is 0. The summed E-state index contributed by atoms with van der Waals surface area (Å²) in [5, 5.41) is 0. The minimum Gasteiger partial charge on any atom is -0.461 e. The highest BCUT2D eigenvalue weighted by Gasteiger charge is 2.35. The van der Waals surface area contributed by atoms with Crippen LogP contribution in [-0.4, -0.2) is 52.6 Å². The number of amides is 2. The van der Waals surface area contributed by atoms with Crippen LogP contribution < -0.4 is 0 Å². The van der Waals surface area contributed by atoms with Crippen molar-refractivity contribution in [1.82, 2.24) is 9.88 Å². The number of rotatable bonds is 8. The average molecular weight is 488 g/mol. The zero-order valence-corrected chi connectivity index (χ0v) is 20.0. The molecule has 0 fully saturated rings. The predicted octanol–water partition coefficient (Wildman–Crippen LogP) is 3.64. The number of carbonyl (C=O) groups excluding carboxylic acids is 5. The van der Waals surface area contributed by atoms with Gasteiger partial charge >= 0.3 is 11.9 Å². The maximum atomic E-state index is 12.7. The zero-order chi connectivity index (χ0) is 26.0. The summed E-state index contributed by atoms with van der Waals surface area (Å²) in [6.07, 6.45) is 0. The molecule has 0 atom stereocenters. The summed E-state index contributed by atoms with van der Waals surface area (Å²) in [6.45, 7) is 4.72. The summed E-state index contributed by atoms with van der Waals surface area (Å²) in [4.78, 5) is 66.3. The van der Waals surface area contributed by atoms with E-state index >= 15 is 0 Å². The molecule has 0 spiro atoms. The van der Waals surface area contributed by atoms with E-state index in [4.69, 9.17) is 9.47 Å². The molecule has 0 aliphatic carbocycles. The molecule has 1 aliphatic rings. The normalized spacial score (nSPS) is 12.5. The number of benzene rings is 2.